The molecule has 0 aromatic rings. The zero-order valence-corrected chi connectivity index (χ0v) is 11.4. The highest BCUT2D eigenvalue weighted by Crippen LogP contribution is 2.32. The maximum Gasteiger partial charge on any atom is 0.308 e. The Kier molecular flexibility index (Phi) is 6.60. The van der Waals surface area contributed by atoms with Gasteiger partial charge in [0, 0.05) is 20.2 Å². The molecule has 1 aliphatic carbocycles. The molecule has 0 saturated heterocycles. The van der Waals surface area contributed by atoms with Crippen LogP contribution < -0.4 is 5.32 Å². The van der Waals surface area contributed by atoms with Crippen LogP contribution in [0, 0.1) is 5.92 Å². The number of carbonyl (C=O) groups is 1. The van der Waals surface area contributed by atoms with Crippen molar-refractivity contribution in [1.82, 2.24) is 5.32 Å². The summed E-state index contributed by atoms with van der Waals surface area (Å²) in [5.41, 5.74) is -0.684. The SMILES string of the molecule is CCOC(=O)C1CCC(O)(CNCCOC)CC1. The van der Waals surface area contributed by atoms with Gasteiger partial charge in [-0.1, -0.05) is 0 Å². The van der Waals surface area contributed by atoms with E-state index in [0.717, 1.165) is 6.54 Å². The minimum atomic E-state index is -0.684. The summed E-state index contributed by atoms with van der Waals surface area (Å²) in [4.78, 5) is 11.6. The summed E-state index contributed by atoms with van der Waals surface area (Å²) in [6.45, 7) is 4.18. The van der Waals surface area contributed by atoms with Gasteiger partial charge in [0.1, 0.15) is 0 Å². The smallest absolute Gasteiger partial charge is 0.308 e. The predicted octanol–water partition coefficient (Wildman–Crippen LogP) is 0.707. The molecule has 0 bridgehead atoms. The zero-order valence-electron chi connectivity index (χ0n) is 11.4. The van der Waals surface area contributed by atoms with Gasteiger partial charge in [-0.25, -0.2) is 0 Å². The fourth-order valence-electron chi connectivity index (χ4n) is 2.32. The largest absolute Gasteiger partial charge is 0.466 e. The van der Waals surface area contributed by atoms with Gasteiger partial charge in [0.15, 0.2) is 0 Å². The summed E-state index contributed by atoms with van der Waals surface area (Å²) in [5.74, 6) is -0.156. The number of esters is 1. The van der Waals surface area contributed by atoms with Gasteiger partial charge in [-0.15, -0.1) is 0 Å². The maximum atomic E-state index is 11.6. The molecule has 18 heavy (non-hydrogen) atoms. The van der Waals surface area contributed by atoms with E-state index in [4.69, 9.17) is 9.47 Å². The number of nitrogens with one attached hydrogen (secondary N) is 1. The van der Waals surface area contributed by atoms with Crippen LogP contribution in [0.1, 0.15) is 32.6 Å². The molecule has 106 valence electrons. The molecule has 0 amide bonds. The molecule has 1 aliphatic rings. The van der Waals surface area contributed by atoms with Crippen molar-refractivity contribution in [1.29, 1.82) is 0 Å². The molecule has 2 N–H and O–H groups in total. The first-order valence-electron chi connectivity index (χ1n) is 6.70. The Morgan fingerprint density at radius 3 is 2.67 bits per heavy atom. The number of ether oxygens (including phenoxy) is 2. The predicted molar refractivity (Wildman–Crippen MR) is 68.3 cm³/mol. The second kappa shape index (κ2) is 7.71. The number of aliphatic hydroxyl groups is 1. The van der Waals surface area contributed by atoms with Gasteiger partial charge < -0.3 is 19.9 Å². The molecule has 1 saturated carbocycles. The summed E-state index contributed by atoms with van der Waals surface area (Å²) in [7, 11) is 1.65. The van der Waals surface area contributed by atoms with Crippen LogP contribution in [0.5, 0.6) is 0 Å². The number of carbonyl (C=O) groups excluding carboxylic acids is 1. The highest BCUT2D eigenvalue weighted by Gasteiger charge is 2.35. The molecule has 0 heterocycles. The molecule has 1 fully saturated rings. The Labute approximate surface area is 109 Å². The maximum absolute atomic E-state index is 11.6. The third-order valence-corrected chi connectivity index (χ3v) is 3.47. The van der Waals surface area contributed by atoms with E-state index in [1.807, 2.05) is 6.92 Å². The van der Waals surface area contributed by atoms with E-state index in [1.165, 1.54) is 0 Å². The molecule has 0 aromatic heterocycles. The van der Waals surface area contributed by atoms with E-state index in [9.17, 15) is 9.90 Å². The van der Waals surface area contributed by atoms with Crippen LogP contribution in [0.15, 0.2) is 0 Å². The van der Waals surface area contributed by atoms with Crippen molar-refractivity contribution in [3.63, 3.8) is 0 Å². The number of rotatable bonds is 7. The summed E-state index contributed by atoms with van der Waals surface area (Å²) in [6, 6.07) is 0. The fourth-order valence-corrected chi connectivity index (χ4v) is 2.32. The van der Waals surface area contributed by atoms with Gasteiger partial charge in [-0.05, 0) is 32.6 Å². The molecule has 0 unspecified atom stereocenters. The number of methoxy groups -OCH3 is 1. The molecular formula is C13H25NO4. The first-order valence-corrected chi connectivity index (χ1v) is 6.70. The van der Waals surface area contributed by atoms with Gasteiger partial charge in [-0.2, -0.15) is 0 Å². The van der Waals surface area contributed by atoms with Crippen molar-refractivity contribution in [2.24, 2.45) is 5.92 Å². The van der Waals surface area contributed by atoms with Gasteiger partial charge >= 0.3 is 5.97 Å². The lowest BCUT2D eigenvalue weighted by molar-refractivity contribution is -0.151. The van der Waals surface area contributed by atoms with Crippen molar-refractivity contribution in [2.75, 3.05) is 33.4 Å². The van der Waals surface area contributed by atoms with E-state index >= 15 is 0 Å². The standard InChI is InChI=1S/C13H25NO4/c1-3-18-12(15)11-4-6-13(16,7-5-11)10-14-8-9-17-2/h11,14,16H,3-10H2,1-2H3. The Hall–Kier alpha value is -0.650. The van der Waals surface area contributed by atoms with Gasteiger partial charge in [0.2, 0.25) is 0 Å². The molecule has 0 aromatic carbocycles. The highest BCUT2D eigenvalue weighted by atomic mass is 16.5. The lowest BCUT2D eigenvalue weighted by atomic mass is 9.79. The summed E-state index contributed by atoms with van der Waals surface area (Å²) >= 11 is 0. The van der Waals surface area contributed by atoms with Crippen molar-refractivity contribution in [2.45, 2.75) is 38.2 Å². The van der Waals surface area contributed by atoms with Gasteiger partial charge in [0.25, 0.3) is 0 Å². The van der Waals surface area contributed by atoms with E-state index in [2.05, 4.69) is 5.32 Å². The zero-order chi connectivity index (χ0) is 13.4. The summed E-state index contributed by atoms with van der Waals surface area (Å²) < 4.78 is 9.94. The summed E-state index contributed by atoms with van der Waals surface area (Å²) in [5, 5.41) is 13.5. The van der Waals surface area contributed by atoms with Crippen LogP contribution in [-0.4, -0.2) is 50.1 Å². The topological polar surface area (TPSA) is 67.8 Å². The molecule has 1 rings (SSSR count). The Morgan fingerprint density at radius 1 is 1.44 bits per heavy atom. The van der Waals surface area contributed by atoms with Gasteiger partial charge in [-0.3, -0.25) is 4.79 Å². The van der Waals surface area contributed by atoms with Crippen LogP contribution in [0.25, 0.3) is 0 Å². The highest BCUT2D eigenvalue weighted by molar-refractivity contribution is 5.72. The van der Waals surface area contributed by atoms with Crippen LogP contribution in [0.4, 0.5) is 0 Å². The van der Waals surface area contributed by atoms with Crippen LogP contribution >= 0.6 is 0 Å². The second-order valence-corrected chi connectivity index (χ2v) is 4.92. The quantitative estimate of drug-likeness (QED) is 0.520. The lowest BCUT2D eigenvalue weighted by Crippen LogP contribution is -2.45. The molecule has 5 nitrogen and oxygen atoms in total. The van der Waals surface area contributed by atoms with E-state index in [1.54, 1.807) is 7.11 Å². The fraction of sp³-hybridized carbons (Fsp3) is 0.923. The normalized spacial score (nSPS) is 28.1. The average Bonchev–Trinajstić information content (AvgIpc) is 2.36. The first kappa shape index (κ1) is 15.4. The van der Waals surface area contributed by atoms with Crippen LogP contribution in [0.2, 0.25) is 0 Å². The van der Waals surface area contributed by atoms with Crippen molar-refractivity contribution >= 4 is 5.97 Å². The van der Waals surface area contributed by atoms with Crippen molar-refractivity contribution < 1.29 is 19.4 Å². The minimum Gasteiger partial charge on any atom is -0.466 e. The van der Waals surface area contributed by atoms with E-state index < -0.39 is 5.60 Å². The molecule has 5 heteroatoms. The monoisotopic (exact) mass is 259 g/mol. The Morgan fingerprint density at radius 2 is 2.11 bits per heavy atom. The van der Waals surface area contributed by atoms with Crippen LogP contribution in [-0.2, 0) is 14.3 Å². The number of hydrogen-bond donors (Lipinski definition) is 2. The summed E-state index contributed by atoms with van der Waals surface area (Å²) in [6.07, 6.45) is 2.72. The lowest BCUT2D eigenvalue weighted by Gasteiger charge is -2.35. The molecule has 0 atom stereocenters. The molecular weight excluding hydrogens is 234 g/mol. The minimum absolute atomic E-state index is 0.0378. The Bertz CT molecular complexity index is 249. The van der Waals surface area contributed by atoms with E-state index in [0.29, 0.717) is 45.4 Å². The van der Waals surface area contributed by atoms with Crippen molar-refractivity contribution in [3.05, 3.63) is 0 Å². The second-order valence-electron chi connectivity index (χ2n) is 4.92. The Balaban J connectivity index is 2.26. The third-order valence-electron chi connectivity index (χ3n) is 3.47. The molecule has 0 aliphatic heterocycles. The van der Waals surface area contributed by atoms with Crippen LogP contribution in [0.3, 0.4) is 0 Å². The molecule has 0 radical (unpaired) electrons. The first-order chi connectivity index (χ1) is 8.61. The average molecular weight is 259 g/mol. The third kappa shape index (κ3) is 4.92. The molecule has 0 spiro atoms. The van der Waals surface area contributed by atoms with Gasteiger partial charge in [0.05, 0.1) is 24.7 Å². The van der Waals surface area contributed by atoms with E-state index in [-0.39, 0.29) is 11.9 Å². The number of hydrogen-bond acceptors (Lipinski definition) is 5. The van der Waals surface area contributed by atoms with Crippen molar-refractivity contribution in [3.8, 4) is 0 Å².